The Labute approximate surface area is 231 Å². The van der Waals surface area contributed by atoms with Crippen LogP contribution < -0.4 is 11.0 Å². The Morgan fingerprint density at radius 2 is 1.32 bits per heavy atom. The second kappa shape index (κ2) is 12.4. The predicted octanol–water partition coefficient (Wildman–Crippen LogP) is 3.82. The summed E-state index contributed by atoms with van der Waals surface area (Å²) in [6.45, 7) is 1.72. The molecule has 1 aliphatic heterocycles. The van der Waals surface area contributed by atoms with Crippen molar-refractivity contribution in [1.29, 1.82) is 0 Å². The number of aromatic amines is 1. The number of hydrogen-bond donors (Lipinski definition) is 2. The normalized spacial score (nSPS) is 20.7. The van der Waals surface area contributed by atoms with Gasteiger partial charge in [0.1, 0.15) is 12.2 Å². The number of benzene rings is 3. The number of nitrogens with zero attached hydrogens (tertiary/aromatic N) is 3. The van der Waals surface area contributed by atoms with E-state index in [1.165, 1.54) is 10.8 Å². The average Bonchev–Trinajstić information content (AvgIpc) is 3.58. The minimum Gasteiger partial charge on any atom is -0.375 e. The van der Waals surface area contributed by atoms with Gasteiger partial charge < -0.3 is 19.5 Å². The van der Waals surface area contributed by atoms with Gasteiger partial charge in [-0.25, -0.2) is 9.78 Å². The predicted molar refractivity (Wildman–Crippen MR) is 149 cm³/mol. The molecule has 9 nitrogen and oxygen atoms in total. The smallest absolute Gasteiger partial charge is 0.349 e. The second-order valence-electron chi connectivity index (χ2n) is 9.82. The van der Waals surface area contributed by atoms with Crippen LogP contribution in [0.15, 0.2) is 108 Å². The molecule has 204 valence electrons. The molecule has 6 rings (SSSR count). The van der Waals surface area contributed by atoms with E-state index in [9.17, 15) is 4.79 Å². The van der Waals surface area contributed by atoms with Gasteiger partial charge in [0.25, 0.3) is 0 Å². The lowest BCUT2D eigenvalue weighted by Crippen LogP contribution is -2.39. The molecule has 0 unspecified atom stereocenters. The first-order valence-electron chi connectivity index (χ1n) is 13.4. The topological polar surface area (TPSA) is 103 Å². The van der Waals surface area contributed by atoms with Crippen molar-refractivity contribution >= 4 is 5.65 Å². The van der Waals surface area contributed by atoms with Crippen LogP contribution in [-0.2, 0) is 34.0 Å². The van der Waals surface area contributed by atoms with Crippen LogP contribution in [0.1, 0.15) is 28.3 Å². The largest absolute Gasteiger partial charge is 0.375 e. The molecular formula is C31H31N5O4. The maximum atomic E-state index is 12.4. The Balaban J connectivity index is 1.30. The third kappa shape index (κ3) is 5.88. The summed E-state index contributed by atoms with van der Waals surface area (Å²) in [5.74, 6) is 0. The molecule has 0 saturated carbocycles. The van der Waals surface area contributed by atoms with E-state index in [4.69, 9.17) is 14.2 Å². The fourth-order valence-corrected chi connectivity index (χ4v) is 5.12. The molecule has 2 N–H and O–H groups in total. The van der Waals surface area contributed by atoms with Gasteiger partial charge in [0.2, 0.25) is 0 Å². The molecule has 2 aromatic heterocycles. The SMILES string of the molecule is O=c1[nH]cnc2c([C@@H]3N[C@H](COCc4ccccc4)[C@@H](OCc4ccccc4)[C@H]3OCc3ccccc3)cnn12. The minimum atomic E-state index is -0.400. The van der Waals surface area contributed by atoms with Crippen LogP contribution in [0.3, 0.4) is 0 Å². The Morgan fingerprint density at radius 3 is 1.95 bits per heavy atom. The highest BCUT2D eigenvalue weighted by molar-refractivity contribution is 5.48. The first kappa shape index (κ1) is 26.1. The monoisotopic (exact) mass is 537 g/mol. The summed E-state index contributed by atoms with van der Waals surface area (Å²) in [6, 6.07) is 29.7. The molecule has 4 atom stereocenters. The van der Waals surface area contributed by atoms with Crippen LogP contribution in [0.25, 0.3) is 5.65 Å². The van der Waals surface area contributed by atoms with Crippen LogP contribution in [-0.4, -0.2) is 44.4 Å². The van der Waals surface area contributed by atoms with Crippen LogP contribution in [0.2, 0.25) is 0 Å². The van der Waals surface area contributed by atoms with Crippen molar-refractivity contribution < 1.29 is 14.2 Å². The van der Waals surface area contributed by atoms with E-state index in [1.54, 1.807) is 6.20 Å². The summed E-state index contributed by atoms with van der Waals surface area (Å²) in [6.07, 6.45) is 2.32. The standard InChI is InChI=1S/C31H31N5O4/c37-31-33-21-32-30-25(16-34-36(30)31)27-29(40-19-24-14-8-3-9-15-24)28(39-18-23-12-6-2-7-13-23)26(35-27)20-38-17-22-10-4-1-5-11-22/h1-16,21,26-29,35H,17-20H2,(H,32,33,37)/t26-,27+,28-,29+/m1/s1. The van der Waals surface area contributed by atoms with Gasteiger partial charge >= 0.3 is 5.69 Å². The molecule has 1 aliphatic rings. The fraction of sp³-hybridized carbons (Fsp3) is 0.258. The van der Waals surface area contributed by atoms with Gasteiger partial charge in [0, 0.05) is 5.56 Å². The summed E-state index contributed by atoms with van der Waals surface area (Å²) >= 11 is 0. The van der Waals surface area contributed by atoms with E-state index >= 15 is 0 Å². The van der Waals surface area contributed by atoms with E-state index in [2.05, 4.69) is 20.4 Å². The molecule has 0 aliphatic carbocycles. The maximum Gasteiger partial charge on any atom is 0.349 e. The number of rotatable bonds is 11. The lowest BCUT2D eigenvalue weighted by molar-refractivity contribution is -0.0861. The van der Waals surface area contributed by atoms with Crippen molar-refractivity contribution in [2.45, 2.75) is 44.1 Å². The lowest BCUT2D eigenvalue weighted by Gasteiger charge is -2.26. The number of nitrogens with one attached hydrogen (secondary N) is 2. The van der Waals surface area contributed by atoms with Crippen molar-refractivity contribution in [3.05, 3.63) is 136 Å². The zero-order valence-corrected chi connectivity index (χ0v) is 21.9. The van der Waals surface area contributed by atoms with Gasteiger partial charge in [-0.15, -0.1) is 0 Å². The lowest BCUT2D eigenvalue weighted by atomic mass is 10.0. The molecule has 0 spiro atoms. The number of hydrogen-bond acceptors (Lipinski definition) is 7. The van der Waals surface area contributed by atoms with Crippen LogP contribution in [0, 0.1) is 0 Å². The highest BCUT2D eigenvalue weighted by atomic mass is 16.5. The molecule has 1 fully saturated rings. The Bertz CT molecular complexity index is 1560. The molecule has 0 radical (unpaired) electrons. The molecule has 5 aromatic rings. The summed E-state index contributed by atoms with van der Waals surface area (Å²) in [7, 11) is 0. The molecule has 0 amide bonds. The average molecular weight is 538 g/mol. The van der Waals surface area contributed by atoms with Gasteiger partial charge in [-0.3, -0.25) is 4.98 Å². The first-order valence-corrected chi connectivity index (χ1v) is 13.4. The quantitative estimate of drug-likeness (QED) is 0.264. The van der Waals surface area contributed by atoms with Crippen LogP contribution in [0.5, 0.6) is 0 Å². The summed E-state index contributed by atoms with van der Waals surface area (Å²) in [5, 5.41) is 7.99. The van der Waals surface area contributed by atoms with Crippen molar-refractivity contribution in [2.24, 2.45) is 0 Å². The Kier molecular flexibility index (Phi) is 8.06. The maximum absolute atomic E-state index is 12.4. The van der Waals surface area contributed by atoms with E-state index in [1.807, 2.05) is 91.0 Å². The summed E-state index contributed by atoms with van der Waals surface area (Å²) in [4.78, 5) is 19.4. The molecule has 3 aromatic carbocycles. The van der Waals surface area contributed by atoms with Crippen molar-refractivity contribution in [2.75, 3.05) is 6.61 Å². The van der Waals surface area contributed by atoms with Crippen molar-refractivity contribution in [3.8, 4) is 0 Å². The number of ether oxygens (including phenoxy) is 3. The molecule has 1 saturated heterocycles. The van der Waals surface area contributed by atoms with E-state index in [0.717, 1.165) is 22.3 Å². The Hall–Kier alpha value is -4.15. The Morgan fingerprint density at radius 1 is 0.750 bits per heavy atom. The molecule has 0 bridgehead atoms. The van der Waals surface area contributed by atoms with Crippen molar-refractivity contribution in [1.82, 2.24) is 24.9 Å². The van der Waals surface area contributed by atoms with Gasteiger partial charge in [0.05, 0.1) is 51.0 Å². The van der Waals surface area contributed by atoms with Gasteiger partial charge in [-0.05, 0) is 16.7 Å². The van der Waals surface area contributed by atoms with Gasteiger partial charge in [0.15, 0.2) is 5.65 Å². The van der Waals surface area contributed by atoms with E-state index in [-0.39, 0.29) is 23.9 Å². The number of fused-ring (bicyclic) bond motifs is 1. The van der Waals surface area contributed by atoms with Crippen molar-refractivity contribution in [3.63, 3.8) is 0 Å². The van der Waals surface area contributed by atoms with E-state index < -0.39 is 6.10 Å². The molecule has 40 heavy (non-hydrogen) atoms. The molecule has 3 heterocycles. The van der Waals surface area contributed by atoms with Crippen LogP contribution in [0.4, 0.5) is 0 Å². The third-order valence-corrected chi connectivity index (χ3v) is 7.10. The van der Waals surface area contributed by atoms with Gasteiger partial charge in [-0.2, -0.15) is 9.61 Å². The zero-order valence-electron chi connectivity index (χ0n) is 21.9. The minimum absolute atomic E-state index is 0.185. The van der Waals surface area contributed by atoms with Gasteiger partial charge in [-0.1, -0.05) is 91.0 Å². The van der Waals surface area contributed by atoms with Crippen LogP contribution >= 0.6 is 0 Å². The summed E-state index contributed by atoms with van der Waals surface area (Å²) < 4.78 is 20.6. The first-order chi connectivity index (χ1) is 19.8. The fourth-order valence-electron chi connectivity index (χ4n) is 5.12. The highest BCUT2D eigenvalue weighted by Gasteiger charge is 2.46. The van der Waals surface area contributed by atoms with E-state index in [0.29, 0.717) is 32.1 Å². The molecule has 9 heteroatoms. The second-order valence-corrected chi connectivity index (χ2v) is 9.82. The molecular weight excluding hydrogens is 506 g/mol. The zero-order chi connectivity index (χ0) is 27.1. The summed E-state index contributed by atoms with van der Waals surface area (Å²) in [5.41, 5.74) is 4.12. The third-order valence-electron chi connectivity index (χ3n) is 7.10. The number of aromatic nitrogens is 4. The highest BCUT2D eigenvalue weighted by Crippen LogP contribution is 2.34. The number of H-pyrrole nitrogens is 1.